The topological polar surface area (TPSA) is 22.2 Å². The van der Waals surface area contributed by atoms with Gasteiger partial charge in [0.2, 0.25) is 0 Å². The number of ether oxygens (including phenoxy) is 1. The maximum absolute atomic E-state index is 7.77. The summed E-state index contributed by atoms with van der Waals surface area (Å²) in [6, 6.07) is 104. The summed E-state index contributed by atoms with van der Waals surface area (Å²) >= 11 is 0. The van der Waals surface area contributed by atoms with E-state index in [4.69, 9.17) is 4.74 Å². The monoisotopic (exact) mass is 1170 g/mol. The Labute approximate surface area is 534 Å². The molecule has 7 heteroatoms. The fraction of sp³-hybridized carbons (Fsp3) is 0.0714. The van der Waals surface area contributed by atoms with Crippen LogP contribution in [-0.4, -0.2) is 13.4 Å². The van der Waals surface area contributed by atoms with Gasteiger partial charge in [0, 0.05) is 74.7 Å². The lowest BCUT2D eigenvalue weighted by atomic mass is 9.30. The van der Waals surface area contributed by atoms with Crippen LogP contribution in [0.3, 0.4) is 0 Å². The van der Waals surface area contributed by atoms with Gasteiger partial charge >= 0.3 is 0 Å². The number of para-hydroxylation sites is 5. The molecule has 0 aromatic heterocycles. The molecular weight excluding hydrogens is 1100 g/mol. The molecule has 0 saturated carbocycles. The van der Waals surface area contributed by atoms with Crippen LogP contribution in [0, 0.1) is 41.5 Å². The van der Waals surface area contributed by atoms with Crippen molar-refractivity contribution in [2.24, 2.45) is 0 Å². The van der Waals surface area contributed by atoms with Crippen molar-refractivity contribution in [2.75, 3.05) is 19.6 Å². The Balaban J connectivity index is 0.961. The van der Waals surface area contributed by atoms with Crippen LogP contribution in [0.5, 0.6) is 11.5 Å². The average molecular weight is 1170 g/mol. The SMILES string of the molecule is Cc1cccc(C)c1-c1ccc(N2c3ccc(-c4c(C)cccc4C)cc3B3c4cc5c(cc4N(c4ccccc4)c4cc(-c6c(C)cccc6C)cc2c43)Oc2cc(N(c3ccccc3)c3ccccc3)cc3c2B5c2ccccc2N3c2ccccc2)cc1. The molecule has 0 atom stereocenters. The normalized spacial score (nSPS) is 12.9. The van der Waals surface area contributed by atoms with Crippen LogP contribution >= 0.6 is 0 Å². The third kappa shape index (κ3) is 8.63. The second kappa shape index (κ2) is 21.4. The summed E-state index contributed by atoms with van der Waals surface area (Å²) in [5.74, 6) is 1.68. The van der Waals surface area contributed by atoms with Crippen LogP contribution < -0.4 is 57.1 Å². The highest BCUT2D eigenvalue weighted by Gasteiger charge is 2.48. The molecule has 0 bridgehead atoms. The highest BCUT2D eigenvalue weighted by atomic mass is 16.5. The van der Waals surface area contributed by atoms with Gasteiger partial charge in [-0.05, 0) is 232 Å². The van der Waals surface area contributed by atoms with Gasteiger partial charge in [-0.3, -0.25) is 0 Å². The molecular formula is C84H64B2N4O. The summed E-state index contributed by atoms with van der Waals surface area (Å²) < 4.78 is 7.77. The summed E-state index contributed by atoms with van der Waals surface area (Å²) in [5.41, 5.74) is 35.4. The molecule has 4 aliphatic heterocycles. The largest absolute Gasteiger partial charge is 0.458 e. The molecule has 0 saturated heterocycles. The number of nitrogens with zero attached hydrogens (tertiary/aromatic N) is 4. The van der Waals surface area contributed by atoms with Gasteiger partial charge in [-0.1, -0.05) is 176 Å². The van der Waals surface area contributed by atoms with Gasteiger partial charge < -0.3 is 24.3 Å². The summed E-state index contributed by atoms with van der Waals surface area (Å²) in [5, 5.41) is 0. The number of hydrogen-bond donors (Lipinski definition) is 0. The number of anilines is 12. The molecule has 432 valence electrons. The first-order valence-electron chi connectivity index (χ1n) is 31.8. The van der Waals surface area contributed by atoms with Crippen LogP contribution in [0.1, 0.15) is 33.4 Å². The van der Waals surface area contributed by atoms with E-state index in [-0.39, 0.29) is 13.4 Å². The van der Waals surface area contributed by atoms with Gasteiger partial charge in [0.25, 0.3) is 13.4 Å². The van der Waals surface area contributed by atoms with Crippen molar-refractivity contribution in [3.05, 3.63) is 312 Å². The van der Waals surface area contributed by atoms with E-state index in [2.05, 4.69) is 340 Å². The predicted molar refractivity (Wildman–Crippen MR) is 386 cm³/mol. The summed E-state index contributed by atoms with van der Waals surface area (Å²) in [7, 11) is 0. The highest BCUT2D eigenvalue weighted by Crippen LogP contribution is 2.51. The van der Waals surface area contributed by atoms with Gasteiger partial charge in [0.1, 0.15) is 11.5 Å². The zero-order valence-electron chi connectivity index (χ0n) is 51.9. The molecule has 0 unspecified atom stereocenters. The van der Waals surface area contributed by atoms with Crippen molar-refractivity contribution in [1.82, 2.24) is 0 Å². The van der Waals surface area contributed by atoms with Gasteiger partial charge in [-0.2, -0.15) is 0 Å². The quantitative estimate of drug-likeness (QED) is 0.134. The van der Waals surface area contributed by atoms with Crippen molar-refractivity contribution in [2.45, 2.75) is 41.5 Å². The molecule has 4 heterocycles. The molecule has 13 aromatic carbocycles. The van der Waals surface area contributed by atoms with E-state index in [9.17, 15) is 0 Å². The van der Waals surface area contributed by atoms with Crippen LogP contribution in [0.15, 0.2) is 279 Å². The number of hydrogen-bond acceptors (Lipinski definition) is 5. The third-order valence-corrected chi connectivity index (χ3v) is 19.6. The molecule has 0 fully saturated rings. The van der Waals surface area contributed by atoms with Gasteiger partial charge in [-0.15, -0.1) is 0 Å². The second-order valence-electron chi connectivity index (χ2n) is 25.1. The minimum atomic E-state index is -0.199. The van der Waals surface area contributed by atoms with E-state index in [1.807, 2.05) is 0 Å². The van der Waals surface area contributed by atoms with E-state index in [1.54, 1.807) is 0 Å². The molecule has 0 amide bonds. The van der Waals surface area contributed by atoms with E-state index >= 15 is 0 Å². The van der Waals surface area contributed by atoms with Gasteiger partial charge in [0.05, 0.1) is 5.69 Å². The maximum atomic E-state index is 7.77. The Morgan fingerprint density at radius 2 is 0.692 bits per heavy atom. The lowest BCUT2D eigenvalue weighted by molar-refractivity contribution is 0.488. The molecule has 13 aromatic rings. The minimum absolute atomic E-state index is 0.181. The molecule has 0 aliphatic carbocycles. The van der Waals surface area contributed by atoms with Gasteiger partial charge in [0.15, 0.2) is 0 Å². The van der Waals surface area contributed by atoms with Crippen LogP contribution in [0.25, 0.3) is 33.4 Å². The number of fused-ring (bicyclic) bond motifs is 8. The molecule has 0 N–H and O–H groups in total. The Kier molecular flexibility index (Phi) is 12.7. The fourth-order valence-electron chi connectivity index (χ4n) is 15.8. The van der Waals surface area contributed by atoms with Crippen LogP contribution in [0.4, 0.5) is 68.2 Å². The Bertz CT molecular complexity index is 4970. The minimum Gasteiger partial charge on any atom is -0.458 e. The summed E-state index contributed by atoms with van der Waals surface area (Å²) in [6.07, 6.45) is 0. The number of rotatable bonds is 9. The van der Waals surface area contributed by atoms with E-state index in [0.717, 1.165) is 90.7 Å². The zero-order valence-corrected chi connectivity index (χ0v) is 51.9. The molecule has 0 radical (unpaired) electrons. The Hall–Kier alpha value is -11.0. The highest BCUT2D eigenvalue weighted by molar-refractivity contribution is 7.02. The first-order valence-corrected chi connectivity index (χ1v) is 31.8. The molecule has 17 rings (SSSR count). The number of benzene rings is 13. The van der Waals surface area contributed by atoms with Crippen LogP contribution in [-0.2, 0) is 0 Å². The van der Waals surface area contributed by atoms with Crippen molar-refractivity contribution in [1.29, 1.82) is 0 Å². The molecule has 0 spiro atoms. The lowest BCUT2D eigenvalue weighted by Crippen LogP contribution is -2.64. The first-order chi connectivity index (χ1) is 44.6. The first kappa shape index (κ1) is 54.2. The van der Waals surface area contributed by atoms with Gasteiger partial charge in [-0.25, -0.2) is 0 Å². The van der Waals surface area contributed by atoms with Crippen molar-refractivity contribution in [3.8, 4) is 44.9 Å². The predicted octanol–water partition coefficient (Wildman–Crippen LogP) is 18.5. The maximum Gasteiger partial charge on any atom is 0.256 e. The summed E-state index contributed by atoms with van der Waals surface area (Å²) in [4.78, 5) is 9.93. The standard InChI is InChI=1S/C84H64B2N4O/c1-53-24-21-25-54(2)80(53)59-40-43-66(44-41-59)89-73-45-42-60(81-55(3)26-22-27-56(81)4)46-69(73)86-70-51-71-78(52-74(70)90(65-36-17-10-18-37-65)76-48-61(47-75(89)83(76)86)82-57(5)28-23-29-58(82)6)91-79-50-67(87(62-30-11-7-12-31-62)63-32-13-8-14-33-63)49-77-84(79)85(71)68-38-19-20-39-72(68)88(77)64-34-15-9-16-35-64/h7-52H,1-6H3. The number of aryl methyl sites for hydroxylation is 6. The Morgan fingerprint density at radius 3 is 1.25 bits per heavy atom. The van der Waals surface area contributed by atoms with Crippen LogP contribution in [0.2, 0.25) is 0 Å². The van der Waals surface area contributed by atoms with Crippen molar-refractivity contribution >= 4 is 114 Å². The van der Waals surface area contributed by atoms with Crippen molar-refractivity contribution in [3.63, 3.8) is 0 Å². The zero-order chi connectivity index (χ0) is 61.2. The smallest absolute Gasteiger partial charge is 0.256 e. The molecule has 5 nitrogen and oxygen atoms in total. The van der Waals surface area contributed by atoms with E-state index in [1.165, 1.54) is 88.6 Å². The second-order valence-corrected chi connectivity index (χ2v) is 25.1. The molecule has 91 heavy (non-hydrogen) atoms. The lowest BCUT2D eigenvalue weighted by Gasteiger charge is -2.46. The fourth-order valence-corrected chi connectivity index (χ4v) is 15.8. The Morgan fingerprint density at radius 1 is 0.264 bits per heavy atom. The van der Waals surface area contributed by atoms with Crippen molar-refractivity contribution < 1.29 is 4.74 Å². The van der Waals surface area contributed by atoms with E-state index < -0.39 is 0 Å². The van der Waals surface area contributed by atoms with E-state index in [0.29, 0.717) is 0 Å². The third-order valence-electron chi connectivity index (χ3n) is 19.6. The molecule has 4 aliphatic rings. The summed E-state index contributed by atoms with van der Waals surface area (Å²) in [6.45, 7) is 13.1. The average Bonchev–Trinajstić information content (AvgIpc) is 1.08.